The summed E-state index contributed by atoms with van der Waals surface area (Å²) in [5.41, 5.74) is 2.32. The Morgan fingerprint density at radius 1 is 1.00 bits per heavy atom. The molecule has 4 aromatic rings. The minimum Gasteiger partial charge on any atom is -0.497 e. The van der Waals surface area contributed by atoms with E-state index in [2.05, 4.69) is 5.32 Å². The number of carbonyl (C=O) groups excluding carboxylic acids is 1. The number of methoxy groups -OCH3 is 2. The van der Waals surface area contributed by atoms with E-state index in [4.69, 9.17) is 14.2 Å². The normalized spacial score (nSPS) is 11.7. The first-order valence-electron chi connectivity index (χ1n) is 10.8. The van der Waals surface area contributed by atoms with Crippen molar-refractivity contribution >= 4 is 11.6 Å². The largest absolute Gasteiger partial charge is 0.497 e. The second kappa shape index (κ2) is 8.82. The van der Waals surface area contributed by atoms with Crippen molar-refractivity contribution < 1.29 is 19.0 Å². The SMILES string of the molecule is COc1ccc(OC)c(NC(=O)Cn2c3c(c(=O)n2-c2ccccc2)Cc2ccccc2O3)c1. The molecular weight excluding hydrogens is 434 g/mol. The molecule has 34 heavy (non-hydrogen) atoms. The molecule has 0 atom stereocenters. The van der Waals surface area contributed by atoms with Crippen LogP contribution in [0, 0.1) is 0 Å². The van der Waals surface area contributed by atoms with E-state index >= 15 is 0 Å². The second-order valence-electron chi connectivity index (χ2n) is 7.79. The maximum Gasteiger partial charge on any atom is 0.278 e. The highest BCUT2D eigenvalue weighted by atomic mass is 16.5. The number of nitrogens with zero attached hydrogens (tertiary/aromatic N) is 2. The van der Waals surface area contributed by atoms with Crippen LogP contribution < -0.4 is 25.1 Å². The summed E-state index contributed by atoms with van der Waals surface area (Å²) >= 11 is 0. The van der Waals surface area contributed by atoms with Crippen LogP contribution in [0.5, 0.6) is 23.1 Å². The molecule has 3 aromatic carbocycles. The summed E-state index contributed by atoms with van der Waals surface area (Å²) in [5, 5.41) is 2.86. The number of rotatable bonds is 6. The number of nitrogens with one attached hydrogen (secondary N) is 1. The van der Waals surface area contributed by atoms with Crippen LogP contribution in [0.1, 0.15) is 11.1 Å². The Morgan fingerprint density at radius 2 is 1.76 bits per heavy atom. The predicted octanol–water partition coefficient (Wildman–Crippen LogP) is 3.99. The lowest BCUT2D eigenvalue weighted by atomic mass is 10.0. The number of hydrogen-bond donors (Lipinski definition) is 1. The van der Waals surface area contributed by atoms with E-state index in [-0.39, 0.29) is 18.0 Å². The quantitative estimate of drug-likeness (QED) is 0.417. The van der Waals surface area contributed by atoms with Gasteiger partial charge in [0.2, 0.25) is 11.8 Å². The molecule has 0 saturated carbocycles. The zero-order valence-corrected chi connectivity index (χ0v) is 18.8. The van der Waals surface area contributed by atoms with Gasteiger partial charge in [0.1, 0.15) is 23.8 Å². The second-order valence-corrected chi connectivity index (χ2v) is 7.79. The highest BCUT2D eigenvalue weighted by Crippen LogP contribution is 2.36. The first-order valence-corrected chi connectivity index (χ1v) is 10.8. The third kappa shape index (κ3) is 3.79. The Labute approximate surface area is 195 Å². The van der Waals surface area contributed by atoms with Gasteiger partial charge >= 0.3 is 0 Å². The first kappa shape index (κ1) is 21.4. The van der Waals surface area contributed by atoms with Crippen LogP contribution >= 0.6 is 0 Å². The third-order valence-corrected chi connectivity index (χ3v) is 5.71. The number of ether oxygens (including phenoxy) is 3. The van der Waals surface area contributed by atoms with E-state index in [9.17, 15) is 9.59 Å². The number of aromatic nitrogens is 2. The van der Waals surface area contributed by atoms with Gasteiger partial charge in [0.25, 0.3) is 5.56 Å². The Bertz CT molecular complexity index is 1420. The minimum absolute atomic E-state index is 0.151. The van der Waals surface area contributed by atoms with Crippen molar-refractivity contribution in [2.24, 2.45) is 0 Å². The molecule has 8 heteroatoms. The lowest BCUT2D eigenvalue weighted by molar-refractivity contribution is -0.117. The van der Waals surface area contributed by atoms with E-state index < -0.39 is 0 Å². The standard InChI is InChI=1S/C26H23N3O5/c1-32-19-12-13-23(33-2)21(15-19)27-24(30)16-28-26-20(14-17-8-6-7-11-22(17)34-26)25(31)29(28)18-9-4-3-5-10-18/h3-13,15H,14,16H2,1-2H3,(H,27,30). The molecule has 0 aliphatic carbocycles. The molecule has 1 aliphatic rings. The van der Waals surface area contributed by atoms with Crippen LogP contribution in [0.3, 0.4) is 0 Å². The first-order chi connectivity index (χ1) is 16.6. The predicted molar refractivity (Wildman–Crippen MR) is 128 cm³/mol. The Kier molecular flexibility index (Phi) is 5.55. The van der Waals surface area contributed by atoms with Gasteiger partial charge < -0.3 is 19.5 Å². The van der Waals surface area contributed by atoms with Gasteiger partial charge in [-0.1, -0.05) is 36.4 Å². The number of carbonyl (C=O) groups is 1. The van der Waals surface area contributed by atoms with Gasteiger partial charge in [-0.3, -0.25) is 9.59 Å². The number of hydrogen-bond acceptors (Lipinski definition) is 5. The molecule has 0 unspecified atom stereocenters. The average molecular weight is 457 g/mol. The van der Waals surface area contributed by atoms with Crippen LogP contribution in [-0.4, -0.2) is 29.5 Å². The molecule has 172 valence electrons. The van der Waals surface area contributed by atoms with Gasteiger partial charge in [0.05, 0.1) is 31.2 Å². The van der Waals surface area contributed by atoms with Crippen molar-refractivity contribution in [1.82, 2.24) is 9.36 Å². The number of fused-ring (bicyclic) bond motifs is 2. The Balaban J connectivity index is 1.55. The van der Waals surface area contributed by atoms with Crippen molar-refractivity contribution in [2.45, 2.75) is 13.0 Å². The average Bonchev–Trinajstić information content (AvgIpc) is 3.13. The molecule has 0 bridgehead atoms. The monoisotopic (exact) mass is 457 g/mol. The van der Waals surface area contributed by atoms with Crippen molar-refractivity contribution in [2.75, 3.05) is 19.5 Å². The molecule has 8 nitrogen and oxygen atoms in total. The molecule has 0 spiro atoms. The van der Waals surface area contributed by atoms with Crippen LogP contribution in [0.2, 0.25) is 0 Å². The van der Waals surface area contributed by atoms with Crippen LogP contribution in [0.4, 0.5) is 5.69 Å². The lowest BCUT2D eigenvalue weighted by Crippen LogP contribution is -2.27. The summed E-state index contributed by atoms with van der Waals surface area (Å²) in [5.74, 6) is 1.76. The molecule has 5 rings (SSSR count). The minimum atomic E-state index is -0.350. The zero-order chi connectivity index (χ0) is 23.7. The van der Waals surface area contributed by atoms with Crippen molar-refractivity contribution in [3.05, 3.63) is 94.3 Å². The van der Waals surface area contributed by atoms with Crippen LogP contribution in [-0.2, 0) is 17.8 Å². The van der Waals surface area contributed by atoms with Gasteiger partial charge in [0, 0.05) is 12.5 Å². The number of para-hydroxylation sites is 2. The fourth-order valence-electron chi connectivity index (χ4n) is 4.09. The number of amides is 1. The summed E-state index contributed by atoms with van der Waals surface area (Å²) < 4.78 is 19.8. The maximum atomic E-state index is 13.5. The van der Waals surface area contributed by atoms with E-state index in [1.165, 1.54) is 11.8 Å². The molecule has 1 aromatic heterocycles. The molecule has 0 fully saturated rings. The molecule has 0 saturated heterocycles. The van der Waals surface area contributed by atoms with Crippen molar-refractivity contribution in [3.63, 3.8) is 0 Å². The molecular formula is C26H23N3O5. The van der Waals surface area contributed by atoms with Gasteiger partial charge in [-0.15, -0.1) is 0 Å². The molecule has 2 heterocycles. The fourth-order valence-corrected chi connectivity index (χ4v) is 4.09. The van der Waals surface area contributed by atoms with Gasteiger partial charge in [0.15, 0.2) is 0 Å². The van der Waals surface area contributed by atoms with E-state index in [0.717, 1.165) is 5.56 Å². The molecule has 1 amide bonds. The third-order valence-electron chi connectivity index (χ3n) is 5.71. The van der Waals surface area contributed by atoms with E-state index in [1.807, 2.05) is 54.6 Å². The Hall–Kier alpha value is -4.46. The van der Waals surface area contributed by atoms with Gasteiger partial charge in [-0.05, 0) is 35.9 Å². The number of benzene rings is 3. The Morgan fingerprint density at radius 3 is 2.53 bits per heavy atom. The van der Waals surface area contributed by atoms with E-state index in [0.29, 0.717) is 46.5 Å². The van der Waals surface area contributed by atoms with Crippen LogP contribution in [0.15, 0.2) is 77.6 Å². The molecule has 1 N–H and O–H groups in total. The smallest absolute Gasteiger partial charge is 0.278 e. The van der Waals surface area contributed by atoms with Crippen molar-refractivity contribution in [3.8, 4) is 28.8 Å². The van der Waals surface area contributed by atoms with Crippen molar-refractivity contribution in [1.29, 1.82) is 0 Å². The summed E-state index contributed by atoms with van der Waals surface area (Å²) in [4.78, 5) is 26.6. The summed E-state index contributed by atoms with van der Waals surface area (Å²) in [6.07, 6.45) is 0.426. The summed E-state index contributed by atoms with van der Waals surface area (Å²) in [6.45, 7) is -0.151. The highest BCUT2D eigenvalue weighted by molar-refractivity contribution is 5.92. The molecule has 0 radical (unpaired) electrons. The summed E-state index contributed by atoms with van der Waals surface area (Å²) in [6, 6.07) is 21.9. The van der Waals surface area contributed by atoms with Crippen LogP contribution in [0.25, 0.3) is 5.69 Å². The number of anilines is 1. The maximum absolute atomic E-state index is 13.5. The lowest BCUT2D eigenvalue weighted by Gasteiger charge is -2.19. The van der Waals surface area contributed by atoms with E-state index in [1.54, 1.807) is 30.0 Å². The topological polar surface area (TPSA) is 83.7 Å². The van der Waals surface area contributed by atoms with Gasteiger partial charge in [-0.25, -0.2) is 9.36 Å². The fraction of sp³-hybridized carbons (Fsp3) is 0.154. The van der Waals surface area contributed by atoms with Gasteiger partial charge in [-0.2, -0.15) is 0 Å². The molecule has 1 aliphatic heterocycles. The summed E-state index contributed by atoms with van der Waals surface area (Å²) in [7, 11) is 3.07. The highest BCUT2D eigenvalue weighted by Gasteiger charge is 2.29. The zero-order valence-electron chi connectivity index (χ0n) is 18.8.